The van der Waals surface area contributed by atoms with Crippen LogP contribution in [-0.2, 0) is 0 Å². The second kappa shape index (κ2) is 4.41. The lowest BCUT2D eigenvalue weighted by molar-refractivity contribution is 0.416. The number of nitrogens with two attached hydrogens (primary N) is 1. The molecule has 2 rings (SSSR count). The summed E-state index contributed by atoms with van der Waals surface area (Å²) in [6.07, 6.45) is 1.54. The molecule has 0 bridgehead atoms. The molecule has 4 heteroatoms. The van der Waals surface area contributed by atoms with Gasteiger partial charge in [0.2, 0.25) is 0 Å². The molecule has 3 nitrogen and oxygen atoms in total. The van der Waals surface area contributed by atoms with Crippen molar-refractivity contribution in [3.05, 3.63) is 41.6 Å². The van der Waals surface area contributed by atoms with Crippen LogP contribution in [-0.4, -0.2) is 12.1 Å². The number of halogens is 1. The van der Waals surface area contributed by atoms with Gasteiger partial charge in [0.25, 0.3) is 0 Å². The maximum Gasteiger partial charge on any atom is 0.126 e. The Balaban J connectivity index is 2.62. The lowest BCUT2D eigenvalue weighted by Gasteiger charge is -2.09. The lowest BCUT2D eigenvalue weighted by Crippen LogP contribution is -1.93. The molecule has 1 heterocycles. The van der Waals surface area contributed by atoms with Crippen molar-refractivity contribution in [2.45, 2.75) is 0 Å². The number of anilines is 1. The number of para-hydroxylation sites is 1. The first-order valence-electron chi connectivity index (χ1n) is 4.77. The molecular weight excluding hydrogens is 224 g/mol. The van der Waals surface area contributed by atoms with Crippen molar-refractivity contribution < 1.29 is 4.74 Å². The van der Waals surface area contributed by atoms with Gasteiger partial charge in [0.1, 0.15) is 11.6 Å². The molecule has 0 saturated heterocycles. The minimum Gasteiger partial charge on any atom is -0.496 e. The van der Waals surface area contributed by atoms with Crippen molar-refractivity contribution in [2.75, 3.05) is 12.8 Å². The summed E-state index contributed by atoms with van der Waals surface area (Å²) in [7, 11) is 1.62. The van der Waals surface area contributed by atoms with Gasteiger partial charge in [-0.15, -0.1) is 0 Å². The molecule has 0 aliphatic heterocycles. The van der Waals surface area contributed by atoms with Crippen LogP contribution in [0.1, 0.15) is 0 Å². The first-order valence-corrected chi connectivity index (χ1v) is 5.14. The van der Waals surface area contributed by atoms with Crippen molar-refractivity contribution in [1.29, 1.82) is 0 Å². The number of hydrogen-bond donors (Lipinski definition) is 1. The fraction of sp³-hybridized carbons (Fsp3) is 0.0833. The molecule has 1 aromatic heterocycles. The zero-order valence-corrected chi connectivity index (χ0v) is 9.53. The van der Waals surface area contributed by atoms with Gasteiger partial charge in [0.15, 0.2) is 0 Å². The third-order valence-corrected chi connectivity index (χ3v) is 2.57. The molecule has 2 aromatic rings. The molecule has 2 N–H and O–H groups in total. The van der Waals surface area contributed by atoms with Crippen LogP contribution in [0.3, 0.4) is 0 Å². The fourth-order valence-electron chi connectivity index (χ4n) is 1.53. The Labute approximate surface area is 98.8 Å². The number of aromatic nitrogens is 1. The second-order valence-corrected chi connectivity index (χ2v) is 3.70. The normalized spacial score (nSPS) is 10.1. The van der Waals surface area contributed by atoms with E-state index in [2.05, 4.69) is 4.98 Å². The number of methoxy groups -OCH3 is 1. The van der Waals surface area contributed by atoms with E-state index in [0.29, 0.717) is 10.8 Å². The Morgan fingerprint density at radius 3 is 2.75 bits per heavy atom. The number of rotatable bonds is 2. The Morgan fingerprint density at radius 2 is 2.00 bits per heavy atom. The summed E-state index contributed by atoms with van der Waals surface area (Å²) < 4.78 is 5.27. The molecule has 82 valence electrons. The Morgan fingerprint density at radius 1 is 1.25 bits per heavy atom. The van der Waals surface area contributed by atoms with E-state index in [-0.39, 0.29) is 0 Å². The average Bonchev–Trinajstić information content (AvgIpc) is 2.32. The molecule has 0 spiro atoms. The minimum absolute atomic E-state index is 0.435. The van der Waals surface area contributed by atoms with Crippen molar-refractivity contribution in [3.63, 3.8) is 0 Å². The monoisotopic (exact) mass is 234 g/mol. The molecule has 1 aromatic carbocycles. The summed E-state index contributed by atoms with van der Waals surface area (Å²) in [5.41, 5.74) is 7.38. The van der Waals surface area contributed by atoms with E-state index in [0.717, 1.165) is 16.9 Å². The number of hydrogen-bond acceptors (Lipinski definition) is 3. The van der Waals surface area contributed by atoms with Crippen LogP contribution in [0.4, 0.5) is 5.82 Å². The Hall–Kier alpha value is -1.74. The van der Waals surface area contributed by atoms with Gasteiger partial charge in [0.05, 0.1) is 12.1 Å². The van der Waals surface area contributed by atoms with Gasteiger partial charge < -0.3 is 10.5 Å². The van der Waals surface area contributed by atoms with Crippen LogP contribution in [0.2, 0.25) is 5.02 Å². The molecule has 16 heavy (non-hydrogen) atoms. The molecule has 0 aliphatic rings. The Kier molecular flexibility index (Phi) is 2.97. The highest BCUT2D eigenvalue weighted by Gasteiger charge is 2.09. The summed E-state index contributed by atoms with van der Waals surface area (Å²) in [5, 5.41) is 0.554. The molecule has 0 saturated carbocycles. The summed E-state index contributed by atoms with van der Waals surface area (Å²) >= 11 is 6.09. The van der Waals surface area contributed by atoms with Crippen molar-refractivity contribution >= 4 is 17.4 Å². The van der Waals surface area contributed by atoms with E-state index in [9.17, 15) is 0 Å². The topological polar surface area (TPSA) is 48.1 Å². The predicted molar refractivity (Wildman–Crippen MR) is 65.6 cm³/mol. The molecule has 0 fully saturated rings. The molecule has 0 radical (unpaired) electrons. The van der Waals surface area contributed by atoms with E-state index in [1.54, 1.807) is 19.4 Å². The fourth-order valence-corrected chi connectivity index (χ4v) is 1.73. The summed E-state index contributed by atoms with van der Waals surface area (Å²) in [6, 6.07) is 9.37. The van der Waals surface area contributed by atoms with E-state index in [1.807, 2.05) is 24.3 Å². The third kappa shape index (κ3) is 1.95. The first kappa shape index (κ1) is 10.8. The Bertz CT molecular complexity index is 514. The highest BCUT2D eigenvalue weighted by molar-refractivity contribution is 6.33. The smallest absolute Gasteiger partial charge is 0.126 e. The van der Waals surface area contributed by atoms with Gasteiger partial charge in [0, 0.05) is 17.3 Å². The van der Waals surface area contributed by atoms with Gasteiger partial charge >= 0.3 is 0 Å². The maximum absolute atomic E-state index is 6.09. The summed E-state index contributed by atoms with van der Waals surface area (Å²) in [4.78, 5) is 3.93. The van der Waals surface area contributed by atoms with Crippen LogP contribution in [0.5, 0.6) is 5.75 Å². The van der Waals surface area contributed by atoms with Crippen LogP contribution in [0.15, 0.2) is 36.5 Å². The van der Waals surface area contributed by atoms with E-state index < -0.39 is 0 Å². The quantitative estimate of drug-likeness (QED) is 0.869. The van der Waals surface area contributed by atoms with Crippen molar-refractivity contribution in [3.8, 4) is 16.9 Å². The van der Waals surface area contributed by atoms with Crippen LogP contribution in [0.25, 0.3) is 11.1 Å². The minimum atomic E-state index is 0.435. The lowest BCUT2D eigenvalue weighted by atomic mass is 10.1. The van der Waals surface area contributed by atoms with Gasteiger partial charge in [-0.2, -0.15) is 0 Å². The van der Waals surface area contributed by atoms with Gasteiger partial charge in [-0.25, -0.2) is 4.98 Å². The number of pyridine rings is 1. The SMILES string of the molecule is COc1ccccc1-c1cc(N)ncc1Cl. The number of nitrogen functional groups attached to an aromatic ring is 1. The number of nitrogens with zero attached hydrogens (tertiary/aromatic N) is 1. The first-order chi connectivity index (χ1) is 7.72. The number of ether oxygens (including phenoxy) is 1. The highest BCUT2D eigenvalue weighted by atomic mass is 35.5. The zero-order valence-electron chi connectivity index (χ0n) is 8.77. The van der Waals surface area contributed by atoms with Crippen molar-refractivity contribution in [2.24, 2.45) is 0 Å². The summed E-state index contributed by atoms with van der Waals surface area (Å²) in [6.45, 7) is 0. The molecule has 0 unspecified atom stereocenters. The van der Waals surface area contributed by atoms with Gasteiger partial charge in [-0.05, 0) is 12.1 Å². The third-order valence-electron chi connectivity index (χ3n) is 2.27. The molecular formula is C12H11ClN2O. The van der Waals surface area contributed by atoms with Crippen molar-refractivity contribution in [1.82, 2.24) is 4.98 Å². The van der Waals surface area contributed by atoms with Gasteiger partial charge in [-0.3, -0.25) is 0 Å². The molecule has 0 aliphatic carbocycles. The highest BCUT2D eigenvalue weighted by Crippen LogP contribution is 2.34. The molecule has 0 atom stereocenters. The predicted octanol–water partition coefficient (Wildman–Crippen LogP) is 2.99. The van der Waals surface area contributed by atoms with Crippen LogP contribution in [0, 0.1) is 0 Å². The van der Waals surface area contributed by atoms with E-state index in [4.69, 9.17) is 22.1 Å². The standard InChI is InChI=1S/C12H11ClN2O/c1-16-11-5-3-2-4-8(11)9-6-12(14)15-7-10(9)13/h2-7H,1H3,(H2,14,15). The van der Waals surface area contributed by atoms with Crippen LogP contribution >= 0.6 is 11.6 Å². The summed E-state index contributed by atoms with van der Waals surface area (Å²) in [5.74, 6) is 1.19. The van der Waals surface area contributed by atoms with Gasteiger partial charge in [-0.1, -0.05) is 29.8 Å². The zero-order chi connectivity index (χ0) is 11.5. The average molecular weight is 235 g/mol. The van der Waals surface area contributed by atoms with E-state index >= 15 is 0 Å². The van der Waals surface area contributed by atoms with E-state index in [1.165, 1.54) is 0 Å². The maximum atomic E-state index is 6.09. The molecule has 0 amide bonds. The second-order valence-electron chi connectivity index (χ2n) is 3.29. The number of benzene rings is 1. The van der Waals surface area contributed by atoms with Crippen LogP contribution < -0.4 is 10.5 Å². The largest absolute Gasteiger partial charge is 0.496 e.